The molecule has 9 heteroatoms. The number of unbranched alkanes of at least 4 members (excludes halogenated alkanes) is 2. The van der Waals surface area contributed by atoms with Gasteiger partial charge in [-0.15, -0.1) is 0 Å². The van der Waals surface area contributed by atoms with Gasteiger partial charge in [-0.1, -0.05) is 25.7 Å². The second-order valence-corrected chi connectivity index (χ2v) is 11.6. The number of Topliss-reactive ketones (excluding diaryl/α,β-unsaturated/α-hetero) is 1. The van der Waals surface area contributed by atoms with Crippen LogP contribution in [0, 0.1) is 0 Å². The number of hydrogen-bond donors (Lipinski definition) is 2. The number of nitrogens with zero attached hydrogens (tertiary/aromatic N) is 3. The number of hydrogen-bond acceptors (Lipinski definition) is 7. The Morgan fingerprint density at radius 1 is 0.919 bits per heavy atom. The summed E-state index contributed by atoms with van der Waals surface area (Å²) in [5.74, 6) is 0.0415. The van der Waals surface area contributed by atoms with Crippen LogP contribution in [0.5, 0.6) is 0 Å². The van der Waals surface area contributed by atoms with Gasteiger partial charge in [0.15, 0.2) is 0 Å². The molecule has 2 heterocycles. The Hall–Kier alpha value is -1.55. The third kappa shape index (κ3) is 9.61. The highest BCUT2D eigenvalue weighted by molar-refractivity contribution is 5.88. The van der Waals surface area contributed by atoms with Crippen molar-refractivity contribution in [1.82, 2.24) is 25.3 Å². The lowest BCUT2D eigenvalue weighted by atomic mass is 9.94. The number of piperazine rings is 1. The van der Waals surface area contributed by atoms with Gasteiger partial charge in [0.05, 0.1) is 19.8 Å². The molecule has 0 aromatic heterocycles. The first kappa shape index (κ1) is 30.0. The Balaban J connectivity index is 1.53. The van der Waals surface area contributed by atoms with Gasteiger partial charge < -0.3 is 20.2 Å². The van der Waals surface area contributed by atoms with E-state index in [4.69, 9.17) is 4.74 Å². The molecule has 0 unspecified atom stereocenters. The quantitative estimate of drug-likeness (QED) is 0.337. The highest BCUT2D eigenvalue weighted by atomic mass is 16.5. The number of rotatable bonds is 14. The van der Waals surface area contributed by atoms with Crippen molar-refractivity contribution < 1.29 is 19.1 Å². The Morgan fingerprint density at radius 2 is 1.59 bits per heavy atom. The molecule has 2 saturated heterocycles. The molecule has 212 valence electrons. The number of nitrogens with one attached hydrogen (secondary N) is 2. The zero-order valence-electron chi connectivity index (χ0n) is 23.6. The minimum Gasteiger partial charge on any atom is -0.379 e. The van der Waals surface area contributed by atoms with Gasteiger partial charge in [0.2, 0.25) is 11.8 Å². The molecule has 3 aliphatic rings. The number of ether oxygens (including phenoxy) is 1. The zero-order chi connectivity index (χ0) is 26.7. The first-order valence-electron chi connectivity index (χ1n) is 14.6. The summed E-state index contributed by atoms with van der Waals surface area (Å²) in [4.78, 5) is 44.8. The average Bonchev–Trinajstić information content (AvgIpc) is 3.37. The Labute approximate surface area is 224 Å². The minimum atomic E-state index is -0.537. The summed E-state index contributed by atoms with van der Waals surface area (Å²) in [6.07, 6.45) is 8.27. The van der Waals surface area contributed by atoms with E-state index in [-0.39, 0.29) is 23.1 Å². The van der Waals surface area contributed by atoms with E-state index < -0.39 is 6.04 Å². The molecule has 0 aromatic rings. The lowest BCUT2D eigenvalue weighted by Crippen LogP contribution is -2.59. The maximum absolute atomic E-state index is 13.4. The summed E-state index contributed by atoms with van der Waals surface area (Å²) < 4.78 is 5.57. The van der Waals surface area contributed by atoms with Gasteiger partial charge in [0, 0.05) is 63.8 Å². The van der Waals surface area contributed by atoms with Crippen LogP contribution >= 0.6 is 0 Å². The van der Waals surface area contributed by atoms with E-state index in [9.17, 15) is 14.4 Å². The van der Waals surface area contributed by atoms with Crippen molar-refractivity contribution in [2.75, 3.05) is 65.6 Å². The van der Waals surface area contributed by atoms with Crippen LogP contribution in [-0.4, -0.2) is 115 Å². The fraction of sp³-hybridized carbons (Fsp3) is 0.893. The molecule has 0 spiro atoms. The van der Waals surface area contributed by atoms with Crippen LogP contribution < -0.4 is 10.6 Å². The highest BCUT2D eigenvalue weighted by Gasteiger charge is 2.40. The van der Waals surface area contributed by atoms with E-state index in [1.165, 1.54) is 12.8 Å². The van der Waals surface area contributed by atoms with E-state index in [0.29, 0.717) is 32.0 Å². The van der Waals surface area contributed by atoms with Crippen molar-refractivity contribution in [1.29, 1.82) is 0 Å². The number of carbonyl (C=O) groups excluding carboxylic acids is 3. The third-order valence-electron chi connectivity index (χ3n) is 8.49. The molecule has 2 amide bonds. The lowest BCUT2D eigenvalue weighted by Gasteiger charge is -2.43. The molecule has 0 radical (unpaired) electrons. The van der Waals surface area contributed by atoms with E-state index in [0.717, 1.165) is 84.6 Å². The van der Waals surface area contributed by atoms with Crippen LogP contribution in [0.1, 0.15) is 78.6 Å². The molecule has 1 atom stereocenters. The number of ketones is 1. The third-order valence-corrected chi connectivity index (χ3v) is 8.49. The van der Waals surface area contributed by atoms with E-state index in [2.05, 4.69) is 39.2 Å². The smallest absolute Gasteiger partial charge is 0.242 e. The van der Waals surface area contributed by atoms with Gasteiger partial charge >= 0.3 is 0 Å². The van der Waals surface area contributed by atoms with E-state index >= 15 is 0 Å². The van der Waals surface area contributed by atoms with Crippen molar-refractivity contribution >= 4 is 17.6 Å². The number of amides is 2. The highest BCUT2D eigenvalue weighted by Crippen LogP contribution is 2.35. The molecule has 1 aliphatic carbocycles. The second-order valence-electron chi connectivity index (χ2n) is 11.6. The monoisotopic (exact) mass is 521 g/mol. The molecule has 2 aliphatic heterocycles. The van der Waals surface area contributed by atoms with Crippen LogP contribution in [0.2, 0.25) is 0 Å². The second kappa shape index (κ2) is 15.1. The molecule has 2 N–H and O–H groups in total. The van der Waals surface area contributed by atoms with Gasteiger partial charge in [-0.05, 0) is 46.5 Å². The van der Waals surface area contributed by atoms with Gasteiger partial charge in [-0.25, -0.2) is 0 Å². The average molecular weight is 522 g/mol. The predicted molar refractivity (Wildman–Crippen MR) is 145 cm³/mol. The summed E-state index contributed by atoms with van der Waals surface area (Å²) in [5.41, 5.74) is 0.00553. The van der Waals surface area contributed by atoms with Crippen molar-refractivity contribution in [3.05, 3.63) is 0 Å². The van der Waals surface area contributed by atoms with Crippen LogP contribution in [-0.2, 0) is 19.1 Å². The predicted octanol–water partition coefficient (Wildman–Crippen LogP) is 1.80. The van der Waals surface area contributed by atoms with Gasteiger partial charge in [-0.2, -0.15) is 0 Å². The van der Waals surface area contributed by atoms with Crippen molar-refractivity contribution in [3.8, 4) is 0 Å². The van der Waals surface area contributed by atoms with Crippen molar-refractivity contribution in [2.45, 2.75) is 96.2 Å². The molecule has 37 heavy (non-hydrogen) atoms. The van der Waals surface area contributed by atoms with Crippen LogP contribution in [0.3, 0.4) is 0 Å². The molecular weight excluding hydrogens is 470 g/mol. The fourth-order valence-electron chi connectivity index (χ4n) is 6.10. The molecule has 3 fully saturated rings. The Kier molecular flexibility index (Phi) is 12.3. The van der Waals surface area contributed by atoms with Crippen LogP contribution in [0.4, 0.5) is 0 Å². The molecule has 0 aromatic carbocycles. The van der Waals surface area contributed by atoms with Crippen LogP contribution in [0.25, 0.3) is 0 Å². The normalized spacial score (nSPS) is 22.2. The summed E-state index contributed by atoms with van der Waals surface area (Å²) in [6.45, 7) is 14.0. The summed E-state index contributed by atoms with van der Waals surface area (Å²) in [7, 11) is 0. The summed E-state index contributed by atoms with van der Waals surface area (Å²) in [6, 6.07) is -0.0161. The first-order chi connectivity index (χ1) is 17.8. The molecule has 9 nitrogen and oxygen atoms in total. The fourth-order valence-corrected chi connectivity index (χ4v) is 6.10. The molecular formula is C28H51N5O4. The maximum atomic E-state index is 13.4. The van der Waals surface area contributed by atoms with E-state index in [1.54, 1.807) is 6.92 Å². The van der Waals surface area contributed by atoms with Crippen LogP contribution in [0.15, 0.2) is 0 Å². The topological polar surface area (TPSA) is 94.2 Å². The zero-order valence-corrected chi connectivity index (χ0v) is 23.6. The summed E-state index contributed by atoms with van der Waals surface area (Å²) in [5, 5.41) is 6.30. The molecule has 1 saturated carbocycles. The minimum absolute atomic E-state index is 0.00553. The largest absolute Gasteiger partial charge is 0.379 e. The Morgan fingerprint density at radius 3 is 2.22 bits per heavy atom. The standard InChI is InChI=1S/C28H51N5O4/c1-23(2)32-15-13-31(14-16-32)21-26(35)30-25(10-6-4-5-9-24(3)34)27(36)29-22-28(11-7-8-12-28)33-17-19-37-20-18-33/h23,25H,4-22H2,1-3H3,(H,29,36)(H,30,35)/t25-/m0/s1. The number of morpholine rings is 1. The SMILES string of the molecule is CC(=O)CCCCC[C@H](NC(=O)CN1CCN(C(C)C)CC1)C(=O)NCC1(N2CCOCC2)CCCC1. The Bertz CT molecular complexity index is 726. The molecule has 0 bridgehead atoms. The first-order valence-corrected chi connectivity index (χ1v) is 14.6. The maximum Gasteiger partial charge on any atom is 0.242 e. The number of carbonyl (C=O) groups is 3. The van der Waals surface area contributed by atoms with Gasteiger partial charge in [0.25, 0.3) is 0 Å². The summed E-state index contributed by atoms with van der Waals surface area (Å²) >= 11 is 0. The van der Waals surface area contributed by atoms with E-state index in [1.807, 2.05) is 0 Å². The van der Waals surface area contributed by atoms with Crippen molar-refractivity contribution in [2.24, 2.45) is 0 Å². The lowest BCUT2D eigenvalue weighted by molar-refractivity contribution is -0.130. The van der Waals surface area contributed by atoms with Gasteiger partial charge in [-0.3, -0.25) is 24.3 Å². The van der Waals surface area contributed by atoms with Gasteiger partial charge in [0.1, 0.15) is 11.8 Å². The van der Waals surface area contributed by atoms with Crippen molar-refractivity contribution in [3.63, 3.8) is 0 Å². The molecule has 3 rings (SSSR count).